The quantitative estimate of drug-likeness (QED) is 0.322. The van der Waals surface area contributed by atoms with Gasteiger partial charge in [0.25, 0.3) is 0 Å². The Morgan fingerprint density at radius 1 is 0.703 bits per heavy atom. The Labute approximate surface area is 220 Å². The molecule has 1 saturated carbocycles. The summed E-state index contributed by atoms with van der Waals surface area (Å²) in [5.74, 6) is 1.34. The second-order valence-corrected chi connectivity index (χ2v) is 10.2. The molecule has 4 aromatic rings. The lowest BCUT2D eigenvalue weighted by molar-refractivity contribution is 0.0521. The summed E-state index contributed by atoms with van der Waals surface area (Å²) in [6, 6.07) is 32.1. The van der Waals surface area contributed by atoms with Crippen molar-refractivity contribution in [2.75, 3.05) is 19.4 Å². The van der Waals surface area contributed by atoms with Crippen LogP contribution in [0.15, 0.2) is 97.3 Å². The molecule has 0 bridgehead atoms. The molecule has 1 heterocycles. The van der Waals surface area contributed by atoms with Crippen LogP contribution in [0.4, 0.5) is 5.95 Å². The molecule has 2 N–H and O–H groups in total. The molecule has 3 aromatic carbocycles. The number of benzene rings is 3. The van der Waals surface area contributed by atoms with Crippen LogP contribution >= 0.6 is 0 Å². The molecule has 0 spiro atoms. The minimum Gasteiger partial charge on any atom is -0.350 e. The van der Waals surface area contributed by atoms with E-state index < -0.39 is 0 Å². The van der Waals surface area contributed by atoms with E-state index in [-0.39, 0.29) is 11.1 Å². The van der Waals surface area contributed by atoms with Gasteiger partial charge in [0.05, 0.1) is 6.54 Å². The highest BCUT2D eigenvalue weighted by atomic mass is 15.2. The maximum absolute atomic E-state index is 4.70. The Morgan fingerprint density at radius 2 is 1.30 bits per heavy atom. The molecule has 0 atom stereocenters. The number of anilines is 1. The molecule has 0 amide bonds. The summed E-state index contributed by atoms with van der Waals surface area (Å²) in [7, 11) is 4.43. The summed E-state index contributed by atoms with van der Waals surface area (Å²) in [4.78, 5) is 15.9. The Morgan fingerprint density at radius 3 is 1.92 bits per heavy atom. The molecule has 1 aliphatic carbocycles. The zero-order valence-electron chi connectivity index (χ0n) is 21.8. The first kappa shape index (κ1) is 25.1. The lowest BCUT2D eigenvalue weighted by atomic mass is 9.66. The molecule has 190 valence electrons. The van der Waals surface area contributed by atoms with E-state index in [9.17, 15) is 0 Å². The van der Waals surface area contributed by atoms with E-state index >= 15 is 0 Å². The third-order valence-corrected chi connectivity index (χ3v) is 7.92. The monoisotopic (exact) mass is 492 g/mol. The molecule has 5 rings (SSSR count). The minimum atomic E-state index is -0.139. The van der Waals surface area contributed by atoms with Crippen molar-refractivity contribution < 1.29 is 0 Å². The van der Waals surface area contributed by atoms with Gasteiger partial charge in [0.15, 0.2) is 0 Å². The Hall–Kier alpha value is -3.61. The van der Waals surface area contributed by atoms with Gasteiger partial charge in [-0.2, -0.15) is 4.98 Å². The topological polar surface area (TPSA) is 66.0 Å². The molecule has 1 aliphatic rings. The van der Waals surface area contributed by atoms with Crippen molar-refractivity contribution in [2.45, 2.75) is 49.9 Å². The van der Waals surface area contributed by atoms with Crippen LogP contribution in [0, 0.1) is 0 Å². The van der Waals surface area contributed by atoms with E-state index in [1.54, 1.807) is 6.33 Å². The average Bonchev–Trinajstić information content (AvgIpc) is 2.97. The second kappa shape index (κ2) is 11.2. The molecule has 1 fully saturated rings. The summed E-state index contributed by atoms with van der Waals surface area (Å²) in [5, 5.41) is 7.22. The SMILES string of the molecule is CN(C)C1(c2ccccc2)CCC(NCc2ncnc(NCc3ccccc3)n2)(c2ccccc2)CC1. The average molecular weight is 493 g/mol. The van der Waals surface area contributed by atoms with Crippen molar-refractivity contribution in [3.05, 3.63) is 120 Å². The van der Waals surface area contributed by atoms with E-state index in [0.717, 1.165) is 31.5 Å². The highest BCUT2D eigenvalue weighted by Crippen LogP contribution is 2.48. The van der Waals surface area contributed by atoms with Gasteiger partial charge in [-0.3, -0.25) is 4.90 Å². The molecular formula is C31H36N6. The standard InChI is InChI=1S/C31H36N6/c1-37(2)31(27-16-10-5-11-17-27)20-18-30(19-21-31,26-14-8-4-9-15-26)35-23-28-33-24-34-29(36-28)32-22-25-12-6-3-7-13-25/h3-17,24,35H,18-23H2,1-2H3,(H,32,33,34,36). The van der Waals surface area contributed by atoms with Gasteiger partial charge in [0.2, 0.25) is 5.95 Å². The molecule has 6 nitrogen and oxygen atoms in total. The maximum Gasteiger partial charge on any atom is 0.226 e. The highest BCUT2D eigenvalue weighted by molar-refractivity contribution is 5.31. The van der Waals surface area contributed by atoms with Crippen molar-refractivity contribution in [3.63, 3.8) is 0 Å². The fraction of sp³-hybridized carbons (Fsp3) is 0.323. The first-order chi connectivity index (χ1) is 18.1. The van der Waals surface area contributed by atoms with Crippen molar-refractivity contribution in [1.29, 1.82) is 0 Å². The predicted molar refractivity (Wildman–Crippen MR) is 149 cm³/mol. The zero-order chi connectivity index (χ0) is 25.6. The molecule has 1 aromatic heterocycles. The number of nitrogens with one attached hydrogen (secondary N) is 2. The predicted octanol–water partition coefficient (Wildman–Crippen LogP) is 5.50. The van der Waals surface area contributed by atoms with Crippen molar-refractivity contribution in [1.82, 2.24) is 25.2 Å². The van der Waals surface area contributed by atoms with Gasteiger partial charge in [-0.15, -0.1) is 0 Å². The fourth-order valence-corrected chi connectivity index (χ4v) is 5.68. The number of rotatable bonds is 9. The highest BCUT2D eigenvalue weighted by Gasteiger charge is 2.45. The van der Waals surface area contributed by atoms with Gasteiger partial charge < -0.3 is 10.6 Å². The summed E-state index contributed by atoms with van der Waals surface area (Å²) in [6.07, 6.45) is 5.77. The van der Waals surface area contributed by atoms with E-state index in [1.807, 2.05) is 18.2 Å². The Bertz CT molecular complexity index is 1250. The van der Waals surface area contributed by atoms with E-state index in [2.05, 4.69) is 112 Å². The molecule has 0 unspecified atom stereocenters. The number of aromatic nitrogens is 3. The molecule has 0 saturated heterocycles. The van der Waals surface area contributed by atoms with Crippen molar-refractivity contribution in [2.24, 2.45) is 0 Å². The molecule has 37 heavy (non-hydrogen) atoms. The van der Waals surface area contributed by atoms with Crippen molar-refractivity contribution in [3.8, 4) is 0 Å². The molecular weight excluding hydrogens is 456 g/mol. The van der Waals surface area contributed by atoms with Gasteiger partial charge in [0, 0.05) is 17.6 Å². The summed E-state index contributed by atoms with van der Waals surface area (Å²) < 4.78 is 0. The third kappa shape index (κ3) is 5.55. The van der Waals surface area contributed by atoms with Crippen LogP contribution in [-0.2, 0) is 24.2 Å². The van der Waals surface area contributed by atoms with Crippen molar-refractivity contribution >= 4 is 5.95 Å². The number of nitrogens with zero attached hydrogens (tertiary/aromatic N) is 4. The van der Waals surface area contributed by atoms with Crippen LogP contribution in [0.25, 0.3) is 0 Å². The summed E-state index contributed by atoms with van der Waals surface area (Å²) >= 11 is 0. The van der Waals surface area contributed by atoms with E-state index in [1.165, 1.54) is 16.7 Å². The first-order valence-corrected chi connectivity index (χ1v) is 13.1. The van der Waals surface area contributed by atoms with Crippen LogP contribution in [0.3, 0.4) is 0 Å². The van der Waals surface area contributed by atoms with Gasteiger partial charge >= 0.3 is 0 Å². The van der Waals surface area contributed by atoms with Gasteiger partial charge in [0.1, 0.15) is 12.2 Å². The summed E-state index contributed by atoms with van der Waals surface area (Å²) in [5.41, 5.74) is 3.80. The molecule has 0 aliphatic heterocycles. The van der Waals surface area contributed by atoms with Gasteiger partial charge in [-0.1, -0.05) is 91.0 Å². The van der Waals surface area contributed by atoms with Gasteiger partial charge in [-0.25, -0.2) is 9.97 Å². The Kier molecular flexibility index (Phi) is 7.58. The second-order valence-electron chi connectivity index (χ2n) is 10.2. The van der Waals surface area contributed by atoms with Crippen LogP contribution in [0.5, 0.6) is 0 Å². The first-order valence-electron chi connectivity index (χ1n) is 13.1. The molecule has 0 radical (unpaired) electrons. The lowest BCUT2D eigenvalue weighted by Crippen LogP contribution is -2.52. The van der Waals surface area contributed by atoms with Gasteiger partial charge in [-0.05, 0) is 56.5 Å². The lowest BCUT2D eigenvalue weighted by Gasteiger charge is -2.50. The largest absolute Gasteiger partial charge is 0.350 e. The van der Waals surface area contributed by atoms with Crippen LogP contribution < -0.4 is 10.6 Å². The third-order valence-electron chi connectivity index (χ3n) is 7.92. The molecule has 6 heteroatoms. The number of hydrogen-bond donors (Lipinski definition) is 2. The van der Waals surface area contributed by atoms with E-state index in [4.69, 9.17) is 4.98 Å². The van der Waals surface area contributed by atoms with Crippen LogP contribution in [0.1, 0.15) is 48.2 Å². The normalized spacial score (nSPS) is 21.6. The zero-order valence-corrected chi connectivity index (χ0v) is 21.8. The van der Waals surface area contributed by atoms with E-state index in [0.29, 0.717) is 19.0 Å². The summed E-state index contributed by atoms with van der Waals surface area (Å²) in [6.45, 7) is 1.26. The maximum atomic E-state index is 4.70. The smallest absolute Gasteiger partial charge is 0.226 e. The number of hydrogen-bond acceptors (Lipinski definition) is 6. The van der Waals surface area contributed by atoms with Crippen LogP contribution in [0.2, 0.25) is 0 Å². The van der Waals surface area contributed by atoms with Crippen LogP contribution in [-0.4, -0.2) is 33.9 Å². The Balaban J connectivity index is 1.33. The fourth-order valence-electron chi connectivity index (χ4n) is 5.68. The minimum absolute atomic E-state index is 0.0307.